The predicted molar refractivity (Wildman–Crippen MR) is 58.9 cm³/mol. The van der Waals surface area contributed by atoms with Crippen LogP contribution in [0.15, 0.2) is 28.4 Å². The normalized spacial score (nSPS) is 15.2. The van der Waals surface area contributed by atoms with Gasteiger partial charge in [-0.2, -0.15) is 0 Å². The van der Waals surface area contributed by atoms with Gasteiger partial charge in [-0.05, 0) is 47.2 Å². The third-order valence-corrected chi connectivity index (χ3v) is 3.25. The summed E-state index contributed by atoms with van der Waals surface area (Å²) in [6.07, 6.45) is 4.06. The van der Waals surface area contributed by atoms with E-state index < -0.39 is 0 Å². The first-order valence-electron chi connectivity index (χ1n) is 5.00. The van der Waals surface area contributed by atoms with Gasteiger partial charge in [-0.25, -0.2) is 9.67 Å². The van der Waals surface area contributed by atoms with Gasteiger partial charge in [0.2, 0.25) is 5.16 Å². The van der Waals surface area contributed by atoms with Gasteiger partial charge in [-0.1, -0.05) is 0 Å². The van der Waals surface area contributed by atoms with Gasteiger partial charge in [0.1, 0.15) is 5.82 Å². The number of nitrogen functional groups attached to an aromatic ring is 1. The smallest absolute Gasteiger partial charge is 0.214 e. The standard InChI is InChI=1S/C9H10N6S/c10-8-4-3-7(5-11-8)16-9-12-13-14-15(9)6-1-2-6/h3-6H,1-2H2,(H2,10,11). The van der Waals surface area contributed by atoms with E-state index in [4.69, 9.17) is 5.73 Å². The number of aromatic nitrogens is 5. The number of tetrazole rings is 1. The Morgan fingerprint density at radius 3 is 2.94 bits per heavy atom. The maximum atomic E-state index is 5.52. The summed E-state index contributed by atoms with van der Waals surface area (Å²) in [5.74, 6) is 0.520. The fraction of sp³-hybridized carbons (Fsp3) is 0.333. The lowest BCUT2D eigenvalue weighted by molar-refractivity contribution is 0.565. The summed E-state index contributed by atoms with van der Waals surface area (Å²) in [7, 11) is 0. The molecule has 0 atom stereocenters. The Hall–Kier alpha value is -1.63. The second kappa shape index (κ2) is 3.75. The average Bonchev–Trinajstić information content (AvgIpc) is 3.03. The fourth-order valence-corrected chi connectivity index (χ4v) is 2.17. The lowest BCUT2D eigenvalue weighted by Gasteiger charge is -2.01. The summed E-state index contributed by atoms with van der Waals surface area (Å²) in [5, 5.41) is 12.5. The molecule has 0 saturated heterocycles. The molecule has 0 bridgehead atoms. The number of nitrogens with two attached hydrogens (primary N) is 1. The molecule has 0 spiro atoms. The summed E-state index contributed by atoms with van der Waals surface area (Å²) >= 11 is 1.51. The molecule has 82 valence electrons. The molecular weight excluding hydrogens is 224 g/mol. The summed E-state index contributed by atoms with van der Waals surface area (Å²) in [6, 6.07) is 4.17. The molecule has 7 heteroatoms. The first kappa shape index (κ1) is 9.59. The molecule has 2 aromatic heterocycles. The average molecular weight is 234 g/mol. The van der Waals surface area contributed by atoms with Crippen LogP contribution < -0.4 is 5.73 Å². The zero-order valence-corrected chi connectivity index (χ0v) is 9.26. The van der Waals surface area contributed by atoms with Gasteiger partial charge in [-0.3, -0.25) is 0 Å². The summed E-state index contributed by atoms with van der Waals surface area (Å²) in [5.41, 5.74) is 5.52. The highest BCUT2D eigenvalue weighted by molar-refractivity contribution is 7.99. The van der Waals surface area contributed by atoms with Crippen molar-refractivity contribution in [2.24, 2.45) is 0 Å². The number of rotatable bonds is 3. The molecule has 2 aromatic rings. The van der Waals surface area contributed by atoms with Crippen molar-refractivity contribution in [3.05, 3.63) is 18.3 Å². The van der Waals surface area contributed by atoms with Crippen LogP contribution in [0, 0.1) is 0 Å². The number of pyridine rings is 1. The van der Waals surface area contributed by atoms with Crippen molar-refractivity contribution in [1.29, 1.82) is 0 Å². The van der Waals surface area contributed by atoms with E-state index in [1.54, 1.807) is 12.3 Å². The van der Waals surface area contributed by atoms with E-state index in [0.717, 1.165) is 10.1 Å². The molecule has 2 heterocycles. The Labute approximate surface area is 96.2 Å². The van der Waals surface area contributed by atoms with Crippen LogP contribution >= 0.6 is 11.8 Å². The topological polar surface area (TPSA) is 82.5 Å². The third-order valence-electron chi connectivity index (χ3n) is 2.32. The van der Waals surface area contributed by atoms with Crippen LogP contribution in [0.5, 0.6) is 0 Å². The molecule has 1 fully saturated rings. The van der Waals surface area contributed by atoms with Crippen molar-refractivity contribution in [1.82, 2.24) is 25.2 Å². The quantitative estimate of drug-likeness (QED) is 0.857. The molecule has 1 aliphatic rings. The molecule has 16 heavy (non-hydrogen) atoms. The van der Waals surface area contributed by atoms with Gasteiger partial charge < -0.3 is 5.73 Å². The van der Waals surface area contributed by atoms with Crippen LogP contribution in [0.3, 0.4) is 0 Å². The largest absolute Gasteiger partial charge is 0.384 e. The summed E-state index contributed by atoms with van der Waals surface area (Å²) < 4.78 is 1.88. The summed E-state index contributed by atoms with van der Waals surface area (Å²) in [4.78, 5) is 5.02. The fourth-order valence-electron chi connectivity index (χ4n) is 1.36. The number of nitrogens with zero attached hydrogens (tertiary/aromatic N) is 5. The first-order valence-corrected chi connectivity index (χ1v) is 5.82. The Morgan fingerprint density at radius 1 is 1.38 bits per heavy atom. The van der Waals surface area contributed by atoms with E-state index >= 15 is 0 Å². The Morgan fingerprint density at radius 2 is 2.25 bits per heavy atom. The zero-order chi connectivity index (χ0) is 11.0. The highest BCUT2D eigenvalue weighted by Gasteiger charge is 2.28. The number of hydrogen-bond donors (Lipinski definition) is 1. The van der Waals surface area contributed by atoms with Crippen LogP contribution in [0.2, 0.25) is 0 Å². The highest BCUT2D eigenvalue weighted by Crippen LogP contribution is 2.37. The maximum Gasteiger partial charge on any atom is 0.214 e. The second-order valence-corrected chi connectivity index (χ2v) is 4.70. The minimum absolute atomic E-state index is 0.485. The van der Waals surface area contributed by atoms with Crippen LogP contribution in [0.1, 0.15) is 18.9 Å². The molecule has 3 rings (SSSR count). The molecule has 6 nitrogen and oxygen atoms in total. The van der Waals surface area contributed by atoms with Crippen molar-refractivity contribution in [2.45, 2.75) is 28.9 Å². The lowest BCUT2D eigenvalue weighted by atomic mass is 10.5. The second-order valence-electron chi connectivity index (χ2n) is 3.66. The third kappa shape index (κ3) is 1.85. The first-order chi connectivity index (χ1) is 7.83. The zero-order valence-electron chi connectivity index (χ0n) is 8.45. The van der Waals surface area contributed by atoms with Gasteiger partial charge in [-0.15, -0.1) is 5.10 Å². The minimum Gasteiger partial charge on any atom is -0.384 e. The minimum atomic E-state index is 0.485. The Kier molecular flexibility index (Phi) is 2.24. The van der Waals surface area contributed by atoms with Crippen LogP contribution in [-0.4, -0.2) is 25.2 Å². The highest BCUT2D eigenvalue weighted by atomic mass is 32.2. The molecule has 2 N–H and O–H groups in total. The molecule has 0 unspecified atom stereocenters. The summed E-state index contributed by atoms with van der Waals surface area (Å²) in [6.45, 7) is 0. The van der Waals surface area contributed by atoms with E-state index in [2.05, 4.69) is 20.5 Å². The Bertz CT molecular complexity index is 489. The lowest BCUT2D eigenvalue weighted by Crippen LogP contribution is -1.98. The van der Waals surface area contributed by atoms with Crippen LogP contribution in [0.25, 0.3) is 0 Å². The van der Waals surface area contributed by atoms with E-state index in [1.165, 1.54) is 24.6 Å². The van der Waals surface area contributed by atoms with Gasteiger partial charge in [0.05, 0.1) is 6.04 Å². The van der Waals surface area contributed by atoms with Crippen molar-refractivity contribution in [3.8, 4) is 0 Å². The van der Waals surface area contributed by atoms with E-state index in [-0.39, 0.29) is 0 Å². The van der Waals surface area contributed by atoms with E-state index in [0.29, 0.717) is 11.9 Å². The maximum absolute atomic E-state index is 5.52. The van der Waals surface area contributed by atoms with Crippen molar-refractivity contribution in [2.75, 3.05) is 5.73 Å². The van der Waals surface area contributed by atoms with Gasteiger partial charge in [0, 0.05) is 11.1 Å². The molecular formula is C9H10N6S. The molecule has 0 radical (unpaired) electrons. The molecule has 1 aliphatic carbocycles. The molecule has 0 aromatic carbocycles. The molecule has 0 aliphatic heterocycles. The van der Waals surface area contributed by atoms with Crippen LogP contribution in [0.4, 0.5) is 5.82 Å². The SMILES string of the molecule is Nc1ccc(Sc2nnnn2C2CC2)cn1. The number of anilines is 1. The van der Waals surface area contributed by atoms with E-state index in [9.17, 15) is 0 Å². The Balaban J connectivity index is 1.82. The van der Waals surface area contributed by atoms with Gasteiger partial charge >= 0.3 is 0 Å². The molecule has 1 saturated carbocycles. The van der Waals surface area contributed by atoms with Gasteiger partial charge in [0.15, 0.2) is 0 Å². The monoisotopic (exact) mass is 234 g/mol. The molecule has 0 amide bonds. The van der Waals surface area contributed by atoms with Gasteiger partial charge in [0.25, 0.3) is 0 Å². The van der Waals surface area contributed by atoms with Crippen molar-refractivity contribution in [3.63, 3.8) is 0 Å². The van der Waals surface area contributed by atoms with Crippen LogP contribution in [-0.2, 0) is 0 Å². The predicted octanol–water partition coefficient (Wildman–Crippen LogP) is 1.14. The van der Waals surface area contributed by atoms with Crippen molar-refractivity contribution >= 4 is 17.6 Å². The van der Waals surface area contributed by atoms with Crippen molar-refractivity contribution < 1.29 is 0 Å². The van der Waals surface area contributed by atoms with E-state index in [1.807, 2.05) is 10.7 Å². The number of hydrogen-bond acceptors (Lipinski definition) is 6.